The number of benzene rings is 1. The molecule has 0 saturated heterocycles. The lowest BCUT2D eigenvalue weighted by Gasteiger charge is -2.10. The van der Waals surface area contributed by atoms with E-state index in [9.17, 15) is 14.0 Å². The van der Waals surface area contributed by atoms with Crippen LogP contribution in [0, 0.1) is 5.82 Å². The highest BCUT2D eigenvalue weighted by Gasteiger charge is 2.14. The van der Waals surface area contributed by atoms with Gasteiger partial charge in [-0.15, -0.1) is 0 Å². The number of para-hydroxylation sites is 1. The van der Waals surface area contributed by atoms with Crippen LogP contribution in [0.15, 0.2) is 47.9 Å². The van der Waals surface area contributed by atoms with Crippen LogP contribution < -0.4 is 15.7 Å². The van der Waals surface area contributed by atoms with Gasteiger partial charge in [-0.3, -0.25) is 9.78 Å². The summed E-state index contributed by atoms with van der Waals surface area (Å²) in [7, 11) is 0. The normalized spacial score (nSPS) is 9.95. The van der Waals surface area contributed by atoms with Gasteiger partial charge in [0, 0.05) is 0 Å². The number of carbonyl (C=O) groups is 1. The van der Waals surface area contributed by atoms with Gasteiger partial charge in [0.25, 0.3) is 5.91 Å². The zero-order valence-corrected chi connectivity index (χ0v) is 10.9. The molecule has 0 unspecified atom stereocenters. The molecule has 7 heteroatoms. The van der Waals surface area contributed by atoms with Crippen molar-refractivity contribution in [2.24, 2.45) is 0 Å². The molecule has 0 saturated carbocycles. The fraction of sp³-hybridized carbons (Fsp3) is 0.0714. The number of H-pyrrole nitrogens is 1. The zero-order chi connectivity index (χ0) is 15.2. The second-order valence-corrected chi connectivity index (χ2v) is 3.96. The first-order valence-corrected chi connectivity index (χ1v) is 6.00. The predicted molar refractivity (Wildman–Crippen MR) is 74.9 cm³/mol. The van der Waals surface area contributed by atoms with Crippen molar-refractivity contribution in [1.82, 2.24) is 9.97 Å². The van der Waals surface area contributed by atoms with Crippen LogP contribution in [0.3, 0.4) is 0 Å². The molecule has 1 amide bonds. The Morgan fingerprint density at radius 2 is 2.24 bits per heavy atom. The third kappa shape index (κ3) is 3.53. The number of nitrogens with zero attached hydrogens (tertiary/aromatic N) is 1. The zero-order valence-electron chi connectivity index (χ0n) is 10.9. The molecule has 6 nitrogen and oxygen atoms in total. The number of anilines is 1. The Morgan fingerprint density at radius 1 is 1.48 bits per heavy atom. The summed E-state index contributed by atoms with van der Waals surface area (Å²) in [5, 5.41) is 2.27. The monoisotopic (exact) mass is 289 g/mol. The van der Waals surface area contributed by atoms with Crippen molar-refractivity contribution in [2.75, 3.05) is 11.9 Å². The maximum atomic E-state index is 13.5. The quantitative estimate of drug-likeness (QED) is 0.821. The minimum Gasteiger partial charge on any atom is -0.489 e. The molecule has 2 N–H and O–H groups in total. The summed E-state index contributed by atoms with van der Waals surface area (Å²) in [5.74, 6) is -1.48. The summed E-state index contributed by atoms with van der Waals surface area (Å²) in [5.41, 5.74) is -0.556. The molecule has 0 bridgehead atoms. The van der Waals surface area contributed by atoms with Gasteiger partial charge in [-0.2, -0.15) is 4.98 Å². The Morgan fingerprint density at radius 3 is 3.00 bits per heavy atom. The highest BCUT2D eigenvalue weighted by molar-refractivity contribution is 6.05. The Labute approximate surface area is 119 Å². The highest BCUT2D eigenvalue weighted by Crippen LogP contribution is 2.19. The maximum absolute atomic E-state index is 13.5. The lowest BCUT2D eigenvalue weighted by molar-refractivity contribution is 0.102. The summed E-state index contributed by atoms with van der Waals surface area (Å²) < 4.78 is 18.8. The molecule has 108 valence electrons. The van der Waals surface area contributed by atoms with Crippen LogP contribution in [0.25, 0.3) is 0 Å². The van der Waals surface area contributed by atoms with Crippen LogP contribution >= 0.6 is 0 Å². The first-order chi connectivity index (χ1) is 10.1. The topological polar surface area (TPSA) is 84.1 Å². The van der Waals surface area contributed by atoms with Crippen molar-refractivity contribution < 1.29 is 13.9 Å². The Bertz CT molecular complexity index is 727. The minimum atomic E-state index is -0.840. The molecular formula is C14H12FN3O3. The summed E-state index contributed by atoms with van der Waals surface area (Å²) >= 11 is 0. The molecule has 0 aliphatic rings. The van der Waals surface area contributed by atoms with Gasteiger partial charge in [-0.25, -0.2) is 9.18 Å². The molecule has 1 heterocycles. The van der Waals surface area contributed by atoms with E-state index >= 15 is 0 Å². The average Bonchev–Trinajstić information content (AvgIpc) is 2.49. The van der Waals surface area contributed by atoms with Gasteiger partial charge in [-0.1, -0.05) is 24.8 Å². The van der Waals surface area contributed by atoms with E-state index in [0.717, 1.165) is 6.20 Å². The summed E-state index contributed by atoms with van der Waals surface area (Å²) in [6.07, 6.45) is 2.27. The Balaban J connectivity index is 2.26. The number of ether oxygens (including phenoxy) is 1. The van der Waals surface area contributed by atoms with Crippen LogP contribution in [0.1, 0.15) is 10.4 Å². The van der Waals surface area contributed by atoms with Gasteiger partial charge in [0.1, 0.15) is 12.4 Å². The number of aromatic nitrogens is 2. The number of hydrogen-bond donors (Lipinski definition) is 2. The SMILES string of the molecule is C=CCOc1ccccc1C(=O)Nc1[nH]c(=O)ncc1F. The van der Waals surface area contributed by atoms with Gasteiger partial charge in [0.05, 0.1) is 11.8 Å². The molecule has 0 aliphatic heterocycles. The number of aromatic amines is 1. The highest BCUT2D eigenvalue weighted by atomic mass is 19.1. The third-order valence-corrected chi connectivity index (χ3v) is 2.49. The van der Waals surface area contributed by atoms with Crippen LogP contribution in [0.5, 0.6) is 5.75 Å². The van der Waals surface area contributed by atoms with Gasteiger partial charge >= 0.3 is 5.69 Å². The predicted octanol–water partition coefficient (Wildman–Crippen LogP) is 1.73. The van der Waals surface area contributed by atoms with E-state index in [1.165, 1.54) is 12.1 Å². The molecule has 2 aromatic rings. The van der Waals surface area contributed by atoms with Crippen molar-refractivity contribution in [1.29, 1.82) is 0 Å². The van der Waals surface area contributed by atoms with E-state index in [1.807, 2.05) is 0 Å². The van der Waals surface area contributed by atoms with E-state index in [4.69, 9.17) is 4.74 Å². The minimum absolute atomic E-state index is 0.205. The van der Waals surface area contributed by atoms with E-state index in [2.05, 4.69) is 21.9 Å². The van der Waals surface area contributed by atoms with E-state index in [-0.39, 0.29) is 18.0 Å². The molecule has 2 rings (SSSR count). The van der Waals surface area contributed by atoms with E-state index in [1.54, 1.807) is 18.2 Å². The molecular weight excluding hydrogens is 277 g/mol. The number of hydrogen-bond acceptors (Lipinski definition) is 4. The molecule has 0 atom stereocenters. The van der Waals surface area contributed by atoms with Crippen LogP contribution in [0.4, 0.5) is 10.2 Å². The first kappa shape index (κ1) is 14.4. The standard InChI is InChI=1S/C14H12FN3O3/c1-2-7-21-11-6-4-3-5-9(11)13(19)17-12-10(15)8-16-14(20)18-12/h2-6,8H,1,7H2,(H2,16,17,18,19,20). The van der Waals surface area contributed by atoms with E-state index in [0.29, 0.717) is 5.75 Å². The molecule has 0 fully saturated rings. The molecule has 21 heavy (non-hydrogen) atoms. The molecule has 0 aliphatic carbocycles. The van der Waals surface area contributed by atoms with Gasteiger partial charge in [0.2, 0.25) is 0 Å². The lowest BCUT2D eigenvalue weighted by Crippen LogP contribution is -2.20. The molecule has 1 aromatic carbocycles. The number of nitrogens with one attached hydrogen (secondary N) is 2. The average molecular weight is 289 g/mol. The molecule has 1 aromatic heterocycles. The van der Waals surface area contributed by atoms with Crippen molar-refractivity contribution in [3.05, 3.63) is 65.0 Å². The molecule has 0 spiro atoms. The number of carbonyl (C=O) groups excluding carboxylic acids is 1. The molecule has 0 radical (unpaired) electrons. The Hall–Kier alpha value is -2.96. The summed E-state index contributed by atoms with van der Waals surface area (Å²) in [6, 6.07) is 6.46. The van der Waals surface area contributed by atoms with Crippen molar-refractivity contribution in [2.45, 2.75) is 0 Å². The lowest BCUT2D eigenvalue weighted by atomic mass is 10.2. The second kappa shape index (κ2) is 6.47. The number of halogens is 1. The number of amides is 1. The maximum Gasteiger partial charge on any atom is 0.346 e. The summed E-state index contributed by atoms with van der Waals surface area (Å²) in [6.45, 7) is 3.74. The summed E-state index contributed by atoms with van der Waals surface area (Å²) in [4.78, 5) is 28.5. The van der Waals surface area contributed by atoms with Crippen LogP contribution in [-0.2, 0) is 0 Å². The van der Waals surface area contributed by atoms with Gasteiger partial charge in [0.15, 0.2) is 11.6 Å². The second-order valence-electron chi connectivity index (χ2n) is 3.96. The van der Waals surface area contributed by atoms with Crippen molar-refractivity contribution in [3.8, 4) is 5.75 Å². The van der Waals surface area contributed by atoms with Gasteiger partial charge in [-0.05, 0) is 12.1 Å². The van der Waals surface area contributed by atoms with Crippen LogP contribution in [0.2, 0.25) is 0 Å². The van der Waals surface area contributed by atoms with Crippen molar-refractivity contribution in [3.63, 3.8) is 0 Å². The largest absolute Gasteiger partial charge is 0.489 e. The fourth-order valence-electron chi connectivity index (χ4n) is 1.58. The smallest absolute Gasteiger partial charge is 0.346 e. The number of rotatable bonds is 5. The van der Waals surface area contributed by atoms with E-state index < -0.39 is 17.4 Å². The Kier molecular flexibility index (Phi) is 4.45. The fourth-order valence-corrected chi connectivity index (χ4v) is 1.58. The van der Waals surface area contributed by atoms with Crippen molar-refractivity contribution >= 4 is 11.7 Å². The van der Waals surface area contributed by atoms with Gasteiger partial charge < -0.3 is 10.1 Å². The van der Waals surface area contributed by atoms with Crippen LogP contribution in [-0.4, -0.2) is 22.5 Å². The first-order valence-electron chi connectivity index (χ1n) is 6.00. The third-order valence-electron chi connectivity index (χ3n) is 2.49.